The van der Waals surface area contributed by atoms with Gasteiger partial charge in [0.1, 0.15) is 11.5 Å². The van der Waals surface area contributed by atoms with Crippen molar-refractivity contribution in [2.24, 2.45) is 0 Å². The number of phenolic OH excluding ortho intramolecular Hbond substituents is 1. The summed E-state index contributed by atoms with van der Waals surface area (Å²) in [7, 11) is 0. The molecule has 2 heterocycles. The molecule has 8 heteroatoms. The number of nitrogens with one attached hydrogen (secondary N) is 1. The molecule has 1 aliphatic heterocycles. The lowest BCUT2D eigenvalue weighted by Crippen LogP contribution is -2.10. The van der Waals surface area contributed by atoms with Crippen LogP contribution in [-0.4, -0.2) is 22.6 Å². The first-order chi connectivity index (χ1) is 14.3. The summed E-state index contributed by atoms with van der Waals surface area (Å²) >= 11 is 0. The number of nitrogens with zero attached hydrogens (tertiary/aromatic N) is 1. The summed E-state index contributed by atoms with van der Waals surface area (Å²) in [6.45, 7) is 0.265. The van der Waals surface area contributed by atoms with E-state index in [1.165, 1.54) is 30.5 Å². The quantitative estimate of drug-likeness (QED) is 0.569. The van der Waals surface area contributed by atoms with Gasteiger partial charge in [-0.05, 0) is 54.8 Å². The van der Waals surface area contributed by atoms with Crippen molar-refractivity contribution >= 4 is 28.1 Å². The standard InChI is InChI=1S/C22H17F3N2O3/c23-22(24,25)14-3-5-16-13(2-1-9-30-20(16)11-14)10-21(29)27-19-7-8-26-18-6-4-15(28)12-17(18)19/h3-8,10-12,28H,1-2,9H2,(H,26,27,29). The van der Waals surface area contributed by atoms with Crippen LogP contribution < -0.4 is 10.1 Å². The minimum absolute atomic E-state index is 0.0414. The molecule has 0 spiro atoms. The number of anilines is 1. The highest BCUT2D eigenvalue weighted by molar-refractivity contribution is 6.08. The molecule has 0 atom stereocenters. The summed E-state index contributed by atoms with van der Waals surface area (Å²) in [5.41, 5.74) is 1.33. The van der Waals surface area contributed by atoms with Gasteiger partial charge in [-0.3, -0.25) is 9.78 Å². The van der Waals surface area contributed by atoms with Crippen LogP contribution in [0.15, 0.2) is 54.7 Å². The Hall–Kier alpha value is -3.55. The van der Waals surface area contributed by atoms with Crippen molar-refractivity contribution in [1.82, 2.24) is 4.98 Å². The minimum Gasteiger partial charge on any atom is -0.508 e. The number of pyridine rings is 1. The van der Waals surface area contributed by atoms with Gasteiger partial charge >= 0.3 is 6.18 Å². The maximum Gasteiger partial charge on any atom is 0.416 e. The molecule has 4 rings (SSSR count). The van der Waals surface area contributed by atoms with Crippen molar-refractivity contribution in [1.29, 1.82) is 0 Å². The molecule has 0 fully saturated rings. The molecule has 5 nitrogen and oxygen atoms in total. The number of carbonyl (C=O) groups is 1. The number of rotatable bonds is 2. The predicted molar refractivity (Wildman–Crippen MR) is 106 cm³/mol. The Morgan fingerprint density at radius 3 is 2.80 bits per heavy atom. The van der Waals surface area contributed by atoms with Gasteiger partial charge in [-0.1, -0.05) is 6.07 Å². The lowest BCUT2D eigenvalue weighted by molar-refractivity contribution is -0.137. The number of aromatic nitrogens is 1. The zero-order valence-corrected chi connectivity index (χ0v) is 15.7. The topological polar surface area (TPSA) is 71.5 Å². The van der Waals surface area contributed by atoms with E-state index in [4.69, 9.17) is 4.74 Å². The van der Waals surface area contributed by atoms with E-state index >= 15 is 0 Å². The Kier molecular flexibility index (Phi) is 5.07. The molecular formula is C22H17F3N2O3. The first kappa shape index (κ1) is 19.8. The van der Waals surface area contributed by atoms with E-state index in [0.29, 0.717) is 40.6 Å². The van der Waals surface area contributed by atoms with E-state index < -0.39 is 17.6 Å². The van der Waals surface area contributed by atoms with Gasteiger partial charge in [-0.25, -0.2) is 0 Å². The molecule has 0 bridgehead atoms. The van der Waals surface area contributed by atoms with Crippen molar-refractivity contribution in [3.05, 3.63) is 65.9 Å². The number of fused-ring (bicyclic) bond motifs is 2. The number of carbonyl (C=O) groups excluding carboxylic acids is 1. The van der Waals surface area contributed by atoms with Gasteiger partial charge in [-0.2, -0.15) is 13.2 Å². The van der Waals surface area contributed by atoms with Crippen molar-refractivity contribution in [3.8, 4) is 11.5 Å². The van der Waals surface area contributed by atoms with E-state index in [1.807, 2.05) is 0 Å². The van der Waals surface area contributed by atoms with Crippen LogP contribution in [0.25, 0.3) is 16.5 Å². The highest BCUT2D eigenvalue weighted by atomic mass is 19.4. The van der Waals surface area contributed by atoms with Crippen LogP contribution >= 0.6 is 0 Å². The van der Waals surface area contributed by atoms with Gasteiger partial charge < -0.3 is 15.2 Å². The Balaban J connectivity index is 1.66. The molecule has 0 radical (unpaired) electrons. The molecule has 2 N–H and O–H groups in total. The van der Waals surface area contributed by atoms with Gasteiger partial charge in [0.2, 0.25) is 5.91 Å². The fourth-order valence-corrected chi connectivity index (χ4v) is 3.38. The zero-order chi connectivity index (χ0) is 21.3. The average molecular weight is 414 g/mol. The van der Waals surface area contributed by atoms with E-state index in [0.717, 1.165) is 12.1 Å². The van der Waals surface area contributed by atoms with Crippen molar-refractivity contribution < 1.29 is 27.8 Å². The second-order valence-electron chi connectivity index (χ2n) is 6.88. The molecule has 2 aromatic carbocycles. The van der Waals surface area contributed by atoms with E-state index in [9.17, 15) is 23.1 Å². The maximum atomic E-state index is 13.0. The Bertz CT molecular complexity index is 1160. The number of aromatic hydroxyl groups is 1. The van der Waals surface area contributed by atoms with Crippen LogP contribution in [0.2, 0.25) is 0 Å². The number of hydrogen-bond donors (Lipinski definition) is 2. The van der Waals surface area contributed by atoms with Crippen LogP contribution in [0.4, 0.5) is 18.9 Å². The number of hydrogen-bond acceptors (Lipinski definition) is 4. The highest BCUT2D eigenvalue weighted by Crippen LogP contribution is 2.38. The fraction of sp³-hybridized carbons (Fsp3) is 0.182. The Morgan fingerprint density at radius 2 is 2.00 bits per heavy atom. The zero-order valence-electron chi connectivity index (χ0n) is 15.7. The molecule has 154 valence electrons. The Labute approximate surface area is 169 Å². The van der Waals surface area contributed by atoms with Crippen molar-refractivity contribution in [2.45, 2.75) is 19.0 Å². The largest absolute Gasteiger partial charge is 0.508 e. The van der Waals surface area contributed by atoms with Crippen LogP contribution in [-0.2, 0) is 11.0 Å². The van der Waals surface area contributed by atoms with Gasteiger partial charge in [0.25, 0.3) is 0 Å². The second-order valence-corrected chi connectivity index (χ2v) is 6.88. The number of benzene rings is 2. The van der Waals surface area contributed by atoms with Crippen LogP contribution in [0.5, 0.6) is 11.5 Å². The SMILES string of the molecule is O=C(C=C1CCCOc2cc(C(F)(F)F)ccc21)Nc1ccnc2ccc(O)cc12. The second kappa shape index (κ2) is 7.70. The summed E-state index contributed by atoms with van der Waals surface area (Å²) in [5.74, 6) is -0.283. The summed E-state index contributed by atoms with van der Waals surface area (Å²) in [5, 5.41) is 13.1. The average Bonchev–Trinajstić information content (AvgIpc) is 2.89. The summed E-state index contributed by atoms with van der Waals surface area (Å²) in [6, 6.07) is 9.53. The predicted octanol–water partition coefficient (Wildman–Crippen LogP) is 5.15. The molecule has 3 aromatic rings. The third kappa shape index (κ3) is 4.07. The van der Waals surface area contributed by atoms with Gasteiger partial charge in [0, 0.05) is 23.2 Å². The number of phenols is 1. The molecule has 0 unspecified atom stereocenters. The molecular weight excluding hydrogens is 397 g/mol. The Morgan fingerprint density at radius 1 is 1.17 bits per heavy atom. The summed E-state index contributed by atoms with van der Waals surface area (Å²) in [4.78, 5) is 16.9. The van der Waals surface area contributed by atoms with Gasteiger partial charge in [0.05, 0.1) is 23.4 Å². The van der Waals surface area contributed by atoms with Crippen LogP contribution in [0.3, 0.4) is 0 Å². The first-order valence-corrected chi connectivity index (χ1v) is 9.25. The highest BCUT2D eigenvalue weighted by Gasteiger charge is 2.32. The maximum absolute atomic E-state index is 13.0. The van der Waals surface area contributed by atoms with E-state index in [1.54, 1.807) is 12.1 Å². The first-order valence-electron chi connectivity index (χ1n) is 9.25. The third-order valence-electron chi connectivity index (χ3n) is 4.79. The summed E-state index contributed by atoms with van der Waals surface area (Å²) in [6.07, 6.45) is -0.504. The number of alkyl halides is 3. The molecule has 1 amide bonds. The lowest BCUT2D eigenvalue weighted by Gasteiger charge is -2.13. The van der Waals surface area contributed by atoms with E-state index in [2.05, 4.69) is 10.3 Å². The smallest absolute Gasteiger partial charge is 0.416 e. The third-order valence-corrected chi connectivity index (χ3v) is 4.79. The fourth-order valence-electron chi connectivity index (χ4n) is 3.38. The number of ether oxygens (including phenoxy) is 1. The van der Waals surface area contributed by atoms with Gasteiger partial charge in [0.15, 0.2) is 0 Å². The van der Waals surface area contributed by atoms with Crippen molar-refractivity contribution in [3.63, 3.8) is 0 Å². The van der Waals surface area contributed by atoms with Crippen LogP contribution in [0.1, 0.15) is 24.0 Å². The molecule has 30 heavy (non-hydrogen) atoms. The monoisotopic (exact) mass is 414 g/mol. The van der Waals surface area contributed by atoms with Crippen molar-refractivity contribution in [2.75, 3.05) is 11.9 Å². The lowest BCUT2D eigenvalue weighted by atomic mass is 9.99. The molecule has 0 saturated carbocycles. The van der Waals surface area contributed by atoms with Gasteiger partial charge in [-0.15, -0.1) is 0 Å². The normalized spacial score (nSPS) is 15.4. The van der Waals surface area contributed by atoms with E-state index in [-0.39, 0.29) is 18.1 Å². The minimum atomic E-state index is -4.47. The number of halogens is 3. The number of allylic oxidation sites excluding steroid dienone is 1. The number of amides is 1. The summed E-state index contributed by atoms with van der Waals surface area (Å²) < 4.78 is 44.5. The van der Waals surface area contributed by atoms with Crippen LogP contribution in [0, 0.1) is 0 Å². The molecule has 0 saturated heterocycles. The molecule has 1 aromatic heterocycles. The molecule has 1 aliphatic rings. The molecule has 0 aliphatic carbocycles.